The highest BCUT2D eigenvalue weighted by Crippen LogP contribution is 2.58. The van der Waals surface area contributed by atoms with Crippen LogP contribution in [0.15, 0.2) is 54.6 Å². The monoisotopic (exact) mass is 408 g/mol. The minimum atomic E-state index is -0.751. The first-order chi connectivity index (χ1) is 14.2. The number of fused-ring (bicyclic) bond motifs is 1. The van der Waals surface area contributed by atoms with E-state index in [4.69, 9.17) is 9.47 Å². The second-order valence-electron chi connectivity index (χ2n) is 10.5. The Morgan fingerprint density at radius 3 is 2.33 bits per heavy atom. The molecule has 2 fully saturated rings. The van der Waals surface area contributed by atoms with Crippen LogP contribution in [0.5, 0.6) is 5.75 Å². The van der Waals surface area contributed by atoms with Gasteiger partial charge >= 0.3 is 0 Å². The van der Waals surface area contributed by atoms with E-state index in [2.05, 4.69) is 39.8 Å². The molecule has 30 heavy (non-hydrogen) atoms. The molecule has 1 unspecified atom stereocenters. The molecule has 1 N–H and O–H groups in total. The Bertz CT molecular complexity index is 839. The maximum atomic E-state index is 11.5. The van der Waals surface area contributed by atoms with Crippen LogP contribution in [-0.4, -0.2) is 16.8 Å². The van der Waals surface area contributed by atoms with Gasteiger partial charge in [-0.2, -0.15) is 0 Å². The minimum Gasteiger partial charge on any atom is -0.489 e. The normalized spacial score (nSPS) is 31.4. The third-order valence-corrected chi connectivity index (χ3v) is 7.24. The van der Waals surface area contributed by atoms with Gasteiger partial charge in [0, 0.05) is 0 Å². The molecule has 2 aromatic carbocycles. The number of benzene rings is 2. The van der Waals surface area contributed by atoms with E-state index < -0.39 is 5.60 Å². The lowest BCUT2D eigenvalue weighted by Gasteiger charge is -2.48. The Morgan fingerprint density at radius 2 is 1.67 bits per heavy atom. The molecule has 0 spiro atoms. The fourth-order valence-electron chi connectivity index (χ4n) is 5.45. The minimum absolute atomic E-state index is 0.119. The van der Waals surface area contributed by atoms with Crippen molar-refractivity contribution in [3.63, 3.8) is 0 Å². The Balaban J connectivity index is 1.41. The number of hydrogen-bond donors (Lipinski definition) is 1. The van der Waals surface area contributed by atoms with E-state index in [0.29, 0.717) is 18.6 Å². The molecule has 2 aliphatic carbocycles. The lowest BCUT2D eigenvalue weighted by Crippen LogP contribution is -2.46. The van der Waals surface area contributed by atoms with Gasteiger partial charge in [-0.05, 0) is 87.5 Å². The summed E-state index contributed by atoms with van der Waals surface area (Å²) in [7, 11) is 0. The molecule has 0 saturated heterocycles. The van der Waals surface area contributed by atoms with Gasteiger partial charge in [0.1, 0.15) is 12.4 Å². The van der Waals surface area contributed by atoms with Crippen LogP contribution >= 0.6 is 0 Å². The summed E-state index contributed by atoms with van der Waals surface area (Å²) in [4.78, 5) is 0. The van der Waals surface area contributed by atoms with E-state index in [1.54, 1.807) is 0 Å². The molecular formula is C27H36O3. The van der Waals surface area contributed by atoms with Gasteiger partial charge in [0.2, 0.25) is 0 Å². The zero-order valence-electron chi connectivity index (χ0n) is 18.9. The molecule has 2 aliphatic rings. The molecule has 2 saturated carbocycles. The Hall–Kier alpha value is -1.84. The van der Waals surface area contributed by atoms with E-state index in [-0.39, 0.29) is 11.0 Å². The summed E-state index contributed by atoms with van der Waals surface area (Å²) < 4.78 is 12.3. The second-order valence-corrected chi connectivity index (χ2v) is 10.5. The van der Waals surface area contributed by atoms with Gasteiger partial charge in [-0.25, -0.2) is 0 Å². The largest absolute Gasteiger partial charge is 0.489 e. The Morgan fingerprint density at radius 1 is 0.967 bits per heavy atom. The van der Waals surface area contributed by atoms with Gasteiger partial charge in [0.25, 0.3) is 0 Å². The van der Waals surface area contributed by atoms with Crippen LogP contribution in [0.2, 0.25) is 0 Å². The topological polar surface area (TPSA) is 38.7 Å². The third-order valence-electron chi connectivity index (χ3n) is 7.24. The Kier molecular flexibility index (Phi) is 5.71. The standard InChI is InChI=1S/C27H36O3/c1-25(2,3)30-24-15-12-22-18-27(28,17-16-26(22,24)4)21-10-13-23(14-11-21)29-19-20-8-6-5-7-9-20/h5-11,13-14,22,24,28H,12,15-19H2,1-4H3/t22-,24?,26-,27+/m0/s1. The van der Waals surface area contributed by atoms with Crippen molar-refractivity contribution >= 4 is 0 Å². The van der Waals surface area contributed by atoms with Crippen LogP contribution in [0, 0.1) is 11.3 Å². The van der Waals surface area contributed by atoms with Gasteiger partial charge in [0.15, 0.2) is 0 Å². The van der Waals surface area contributed by atoms with Gasteiger partial charge < -0.3 is 14.6 Å². The summed E-state index contributed by atoms with van der Waals surface area (Å²) >= 11 is 0. The summed E-state index contributed by atoms with van der Waals surface area (Å²) in [5.41, 5.74) is 1.46. The molecule has 2 aromatic rings. The van der Waals surface area contributed by atoms with Crippen molar-refractivity contribution in [1.29, 1.82) is 0 Å². The van der Waals surface area contributed by atoms with Gasteiger partial charge in [-0.3, -0.25) is 0 Å². The molecule has 162 valence electrons. The maximum Gasteiger partial charge on any atom is 0.119 e. The van der Waals surface area contributed by atoms with E-state index >= 15 is 0 Å². The van der Waals surface area contributed by atoms with Crippen molar-refractivity contribution in [3.05, 3.63) is 65.7 Å². The number of ether oxygens (including phenoxy) is 2. The Labute approximate surface area is 181 Å². The van der Waals surface area contributed by atoms with E-state index in [1.165, 1.54) is 0 Å². The van der Waals surface area contributed by atoms with Crippen LogP contribution in [0.3, 0.4) is 0 Å². The molecule has 3 nitrogen and oxygen atoms in total. The van der Waals surface area contributed by atoms with Gasteiger partial charge in [0.05, 0.1) is 17.3 Å². The fourth-order valence-corrected chi connectivity index (χ4v) is 5.45. The molecule has 0 aliphatic heterocycles. The van der Waals surface area contributed by atoms with E-state index in [1.807, 2.05) is 42.5 Å². The van der Waals surface area contributed by atoms with Crippen molar-refractivity contribution in [2.75, 3.05) is 0 Å². The SMILES string of the molecule is CC(C)(C)OC1CC[C@H]2C[C@@](O)(c3ccc(OCc4ccccc4)cc3)CC[C@]12C. The van der Waals surface area contributed by atoms with Crippen molar-refractivity contribution in [3.8, 4) is 5.75 Å². The molecule has 3 heteroatoms. The summed E-state index contributed by atoms with van der Waals surface area (Å²) in [5, 5.41) is 11.5. The second kappa shape index (κ2) is 8.01. The smallest absolute Gasteiger partial charge is 0.119 e. The van der Waals surface area contributed by atoms with Crippen LogP contribution in [-0.2, 0) is 16.9 Å². The zero-order chi connectivity index (χ0) is 21.4. The average molecular weight is 409 g/mol. The highest BCUT2D eigenvalue weighted by molar-refractivity contribution is 5.32. The average Bonchev–Trinajstić information content (AvgIpc) is 3.02. The molecule has 0 radical (unpaired) electrons. The molecule has 4 rings (SSSR count). The number of aliphatic hydroxyl groups is 1. The van der Waals surface area contributed by atoms with Crippen LogP contribution in [0.25, 0.3) is 0 Å². The van der Waals surface area contributed by atoms with Crippen molar-refractivity contribution < 1.29 is 14.6 Å². The first kappa shape index (κ1) is 21.4. The zero-order valence-corrected chi connectivity index (χ0v) is 18.9. The lowest BCUT2D eigenvalue weighted by atomic mass is 9.62. The third kappa shape index (κ3) is 4.43. The summed E-state index contributed by atoms with van der Waals surface area (Å²) in [5.74, 6) is 1.34. The molecule has 4 atom stereocenters. The van der Waals surface area contributed by atoms with Crippen molar-refractivity contribution in [2.45, 2.75) is 83.7 Å². The number of rotatable bonds is 5. The van der Waals surface area contributed by atoms with Crippen molar-refractivity contribution in [2.24, 2.45) is 11.3 Å². The molecule has 0 heterocycles. The van der Waals surface area contributed by atoms with Crippen LogP contribution in [0.4, 0.5) is 0 Å². The molecular weight excluding hydrogens is 372 g/mol. The number of hydrogen-bond acceptors (Lipinski definition) is 3. The molecule has 0 aromatic heterocycles. The van der Waals surface area contributed by atoms with Gasteiger partial charge in [-0.1, -0.05) is 49.4 Å². The first-order valence-corrected chi connectivity index (χ1v) is 11.4. The maximum absolute atomic E-state index is 11.5. The highest BCUT2D eigenvalue weighted by atomic mass is 16.5. The van der Waals surface area contributed by atoms with Crippen LogP contribution in [0.1, 0.15) is 70.9 Å². The van der Waals surface area contributed by atoms with E-state index in [0.717, 1.165) is 49.0 Å². The lowest BCUT2D eigenvalue weighted by molar-refractivity contribution is -0.140. The highest BCUT2D eigenvalue weighted by Gasteiger charge is 2.54. The van der Waals surface area contributed by atoms with Gasteiger partial charge in [-0.15, -0.1) is 0 Å². The first-order valence-electron chi connectivity index (χ1n) is 11.4. The summed E-state index contributed by atoms with van der Waals surface area (Å²) in [6.07, 6.45) is 5.13. The van der Waals surface area contributed by atoms with Crippen LogP contribution < -0.4 is 4.74 Å². The van der Waals surface area contributed by atoms with E-state index in [9.17, 15) is 5.11 Å². The predicted octanol–water partition coefficient (Wildman–Crippen LogP) is 6.24. The summed E-state index contributed by atoms with van der Waals surface area (Å²) in [6, 6.07) is 18.2. The quantitative estimate of drug-likeness (QED) is 0.637. The predicted molar refractivity (Wildman–Crippen MR) is 120 cm³/mol. The van der Waals surface area contributed by atoms with Crippen molar-refractivity contribution in [1.82, 2.24) is 0 Å². The molecule has 0 bridgehead atoms. The fraction of sp³-hybridized carbons (Fsp3) is 0.556. The summed E-state index contributed by atoms with van der Waals surface area (Å²) in [6.45, 7) is 9.36. The molecule has 0 amide bonds.